The number of amides is 1. The number of aromatic hydroxyl groups is 1. The Hall–Kier alpha value is -4.20. The molecule has 1 saturated heterocycles. The van der Waals surface area contributed by atoms with E-state index in [4.69, 9.17) is 17.0 Å². The lowest BCUT2D eigenvalue weighted by atomic mass is 9.99. The molecule has 0 radical (unpaired) electrons. The minimum atomic E-state index is -0.696. The third-order valence-corrected chi connectivity index (χ3v) is 7.77. The number of ketones is 1. The fourth-order valence-electron chi connectivity index (χ4n) is 4.19. The summed E-state index contributed by atoms with van der Waals surface area (Å²) in [7, 11) is 1.53. The number of carbonyl (C=O) groups excluding carboxylic acids is 2. The molecule has 0 unspecified atom stereocenters. The molecule has 198 valence electrons. The van der Waals surface area contributed by atoms with Crippen molar-refractivity contribution in [3.63, 3.8) is 0 Å². The molecule has 0 spiro atoms. The van der Waals surface area contributed by atoms with Crippen molar-refractivity contribution in [3.05, 3.63) is 97.2 Å². The molecule has 4 rings (SSSR count). The molecule has 2 aromatic carbocycles. The molecule has 1 fully saturated rings. The Bertz CT molecular complexity index is 1600. The molecule has 2 heterocycles. The number of nitrogens with zero attached hydrogens (tertiary/aromatic N) is 3. The van der Waals surface area contributed by atoms with Gasteiger partial charge in [-0.1, -0.05) is 65.9 Å². The quantitative estimate of drug-likeness (QED) is 0.243. The van der Waals surface area contributed by atoms with Gasteiger partial charge in [0.2, 0.25) is 5.88 Å². The SMILES string of the molecule is COc1ccc(Cn2c(O)c(C(=O)CCN3C(=O)/C(=C/c4ccc(C)cc4)SC3=S)c(C)c(C#N)c2=O)cc1. The Balaban J connectivity index is 1.57. The molecule has 39 heavy (non-hydrogen) atoms. The third-order valence-electron chi connectivity index (χ3n) is 6.39. The number of hydrogen-bond donors (Lipinski definition) is 1. The van der Waals surface area contributed by atoms with Gasteiger partial charge in [0.25, 0.3) is 11.5 Å². The van der Waals surface area contributed by atoms with E-state index in [1.165, 1.54) is 18.9 Å². The Labute approximate surface area is 235 Å². The summed E-state index contributed by atoms with van der Waals surface area (Å²) in [5.74, 6) is -0.720. The number of thioether (sulfide) groups is 1. The number of pyridine rings is 1. The molecule has 1 aromatic heterocycles. The third kappa shape index (κ3) is 5.79. The van der Waals surface area contributed by atoms with Gasteiger partial charge in [-0.15, -0.1) is 0 Å². The summed E-state index contributed by atoms with van der Waals surface area (Å²) < 4.78 is 6.48. The monoisotopic (exact) mass is 559 g/mol. The van der Waals surface area contributed by atoms with Gasteiger partial charge in [0.15, 0.2) is 5.78 Å². The van der Waals surface area contributed by atoms with E-state index in [-0.39, 0.29) is 42.1 Å². The van der Waals surface area contributed by atoms with Gasteiger partial charge in [0.1, 0.15) is 21.7 Å². The Morgan fingerprint density at radius 2 is 1.79 bits per heavy atom. The number of methoxy groups -OCH3 is 1. The van der Waals surface area contributed by atoms with Gasteiger partial charge in [0, 0.05) is 13.0 Å². The summed E-state index contributed by atoms with van der Waals surface area (Å²) in [5.41, 5.74) is 1.68. The van der Waals surface area contributed by atoms with Gasteiger partial charge in [-0.2, -0.15) is 5.26 Å². The van der Waals surface area contributed by atoms with Gasteiger partial charge in [-0.3, -0.25) is 23.9 Å². The zero-order valence-corrected chi connectivity index (χ0v) is 23.2. The van der Waals surface area contributed by atoms with E-state index >= 15 is 0 Å². The molecular weight excluding hydrogens is 534 g/mol. The molecule has 10 heteroatoms. The second-order valence-electron chi connectivity index (χ2n) is 8.97. The fourth-order valence-corrected chi connectivity index (χ4v) is 5.50. The average Bonchev–Trinajstić information content (AvgIpc) is 3.18. The number of hydrogen-bond acceptors (Lipinski definition) is 8. The normalized spacial score (nSPS) is 14.1. The highest BCUT2D eigenvalue weighted by molar-refractivity contribution is 8.26. The smallest absolute Gasteiger partial charge is 0.271 e. The Kier molecular flexibility index (Phi) is 8.33. The van der Waals surface area contributed by atoms with Crippen LogP contribution >= 0.6 is 24.0 Å². The summed E-state index contributed by atoms with van der Waals surface area (Å²) in [6.07, 6.45) is 1.59. The van der Waals surface area contributed by atoms with Crippen molar-refractivity contribution in [2.75, 3.05) is 13.7 Å². The van der Waals surface area contributed by atoms with Crippen molar-refractivity contribution in [2.45, 2.75) is 26.8 Å². The van der Waals surface area contributed by atoms with Gasteiger partial charge < -0.3 is 9.84 Å². The van der Waals surface area contributed by atoms with Gasteiger partial charge in [-0.25, -0.2) is 0 Å². The molecule has 3 aromatic rings. The van der Waals surface area contributed by atoms with E-state index in [2.05, 4.69) is 0 Å². The molecule has 0 aliphatic carbocycles. The average molecular weight is 560 g/mol. The number of benzene rings is 2. The number of nitriles is 1. The van der Waals surface area contributed by atoms with E-state index in [9.17, 15) is 24.8 Å². The van der Waals surface area contributed by atoms with E-state index in [1.807, 2.05) is 37.3 Å². The molecule has 1 amide bonds. The number of ether oxygens (including phenoxy) is 1. The first-order valence-electron chi connectivity index (χ1n) is 12.0. The largest absolute Gasteiger partial charge is 0.497 e. The molecule has 8 nitrogen and oxygen atoms in total. The molecule has 1 N–H and O–H groups in total. The number of carbonyl (C=O) groups is 2. The Morgan fingerprint density at radius 1 is 1.13 bits per heavy atom. The highest BCUT2D eigenvalue weighted by Gasteiger charge is 2.33. The van der Waals surface area contributed by atoms with E-state index in [1.54, 1.807) is 30.3 Å². The molecule has 1 aliphatic rings. The van der Waals surface area contributed by atoms with Crippen LogP contribution in [-0.4, -0.2) is 44.2 Å². The van der Waals surface area contributed by atoms with Crippen LogP contribution in [0.5, 0.6) is 11.6 Å². The zero-order valence-electron chi connectivity index (χ0n) is 21.6. The van der Waals surface area contributed by atoms with Gasteiger partial charge in [0.05, 0.1) is 24.1 Å². The summed E-state index contributed by atoms with van der Waals surface area (Å²) >= 11 is 6.55. The van der Waals surface area contributed by atoms with Crippen molar-refractivity contribution in [1.82, 2.24) is 9.47 Å². The standard InChI is InChI=1S/C29H25N3O5S2/c1-17-4-6-19(7-5-17)14-24-27(35)31(29(38)39-24)13-12-23(33)25-18(2)22(15-30)26(34)32(28(25)36)16-20-8-10-21(37-3)11-9-20/h4-11,14,36H,12-13,16H2,1-3H3/b24-14-. The van der Waals surface area contributed by atoms with Crippen molar-refractivity contribution >= 4 is 46.1 Å². The number of Topliss-reactive ketones (excluding diaryl/α,β-unsaturated/α-hetero) is 1. The number of aromatic nitrogens is 1. The van der Waals surface area contributed by atoms with Gasteiger partial charge in [-0.05, 0) is 48.7 Å². The van der Waals surface area contributed by atoms with Crippen LogP contribution < -0.4 is 10.3 Å². The van der Waals surface area contributed by atoms with Crippen LogP contribution in [0.3, 0.4) is 0 Å². The lowest BCUT2D eigenvalue weighted by Crippen LogP contribution is -2.31. The molecule has 0 saturated carbocycles. The first kappa shape index (κ1) is 27.8. The van der Waals surface area contributed by atoms with Crippen LogP contribution in [0.1, 0.15) is 44.6 Å². The molecular formula is C29H25N3O5S2. The molecule has 0 atom stereocenters. The lowest BCUT2D eigenvalue weighted by Gasteiger charge is -2.17. The number of thiocarbonyl (C=S) groups is 1. The summed E-state index contributed by atoms with van der Waals surface area (Å²) in [6.45, 7) is 3.37. The van der Waals surface area contributed by atoms with Crippen LogP contribution in [0.2, 0.25) is 0 Å². The second kappa shape index (κ2) is 11.7. The van der Waals surface area contributed by atoms with E-state index in [0.29, 0.717) is 20.5 Å². The highest BCUT2D eigenvalue weighted by atomic mass is 32.2. The van der Waals surface area contributed by atoms with Gasteiger partial charge >= 0.3 is 0 Å². The van der Waals surface area contributed by atoms with Crippen LogP contribution in [0.25, 0.3) is 6.08 Å². The van der Waals surface area contributed by atoms with Crippen LogP contribution in [0.4, 0.5) is 0 Å². The molecule has 0 bridgehead atoms. The van der Waals surface area contributed by atoms with Crippen LogP contribution in [-0.2, 0) is 11.3 Å². The van der Waals surface area contributed by atoms with Crippen molar-refractivity contribution in [1.29, 1.82) is 5.26 Å². The number of rotatable bonds is 8. The fraction of sp³-hybridized carbons (Fsp3) is 0.207. The topological polar surface area (TPSA) is 113 Å². The van der Waals surface area contributed by atoms with Crippen molar-refractivity contribution in [2.24, 2.45) is 0 Å². The van der Waals surface area contributed by atoms with Crippen molar-refractivity contribution in [3.8, 4) is 17.7 Å². The lowest BCUT2D eigenvalue weighted by molar-refractivity contribution is -0.122. The highest BCUT2D eigenvalue weighted by Crippen LogP contribution is 2.33. The summed E-state index contributed by atoms with van der Waals surface area (Å²) in [4.78, 5) is 41.1. The Morgan fingerprint density at radius 3 is 2.41 bits per heavy atom. The predicted molar refractivity (Wildman–Crippen MR) is 154 cm³/mol. The maximum atomic E-state index is 13.3. The summed E-state index contributed by atoms with van der Waals surface area (Å²) in [5, 5.41) is 20.7. The second-order valence-corrected chi connectivity index (χ2v) is 10.6. The number of aryl methyl sites for hydroxylation is 1. The maximum absolute atomic E-state index is 13.3. The molecule has 1 aliphatic heterocycles. The first-order valence-corrected chi connectivity index (χ1v) is 13.2. The summed E-state index contributed by atoms with van der Waals surface area (Å²) in [6, 6.07) is 16.4. The maximum Gasteiger partial charge on any atom is 0.271 e. The first-order chi connectivity index (χ1) is 18.6. The zero-order chi connectivity index (χ0) is 28.3. The van der Waals surface area contributed by atoms with Crippen LogP contribution in [0, 0.1) is 25.2 Å². The van der Waals surface area contributed by atoms with Crippen LogP contribution in [0.15, 0.2) is 58.2 Å². The minimum Gasteiger partial charge on any atom is -0.497 e. The predicted octanol–water partition coefficient (Wildman–Crippen LogP) is 4.57. The van der Waals surface area contributed by atoms with Crippen molar-refractivity contribution < 1.29 is 19.4 Å². The van der Waals surface area contributed by atoms with E-state index < -0.39 is 17.2 Å². The van der Waals surface area contributed by atoms with E-state index in [0.717, 1.165) is 27.5 Å². The minimum absolute atomic E-state index is 0.00683.